The monoisotopic (exact) mass is 429 g/mol. The summed E-state index contributed by atoms with van der Waals surface area (Å²) in [5.41, 5.74) is 2.78. The molecule has 2 atom stereocenters. The van der Waals surface area contributed by atoms with Crippen molar-refractivity contribution in [2.75, 3.05) is 26.3 Å². The molecule has 0 spiro atoms. The molecule has 0 aliphatic carbocycles. The molecule has 162 valence electrons. The van der Waals surface area contributed by atoms with Crippen LogP contribution in [0.25, 0.3) is 10.9 Å². The lowest BCUT2D eigenvalue weighted by atomic mass is 10.1. The summed E-state index contributed by atoms with van der Waals surface area (Å²) < 4.78 is 11.5. The van der Waals surface area contributed by atoms with Gasteiger partial charge >= 0.3 is 0 Å². The van der Waals surface area contributed by atoms with Crippen molar-refractivity contribution in [1.82, 2.24) is 15.2 Å². The topological polar surface area (TPSA) is 66.6 Å². The Kier molecular flexibility index (Phi) is 7.02. The van der Waals surface area contributed by atoms with Gasteiger partial charge in [0.05, 0.1) is 18.8 Å². The molecule has 2 N–H and O–H groups in total. The Morgan fingerprint density at radius 1 is 1.20 bits per heavy atom. The number of rotatable bonds is 7. The summed E-state index contributed by atoms with van der Waals surface area (Å²) in [6, 6.07) is 8.19. The van der Waals surface area contributed by atoms with Crippen LogP contribution in [0.15, 0.2) is 29.1 Å². The molecule has 1 aromatic heterocycles. The zero-order chi connectivity index (χ0) is 20.9. The smallest absolute Gasteiger partial charge is 0.253 e. The van der Waals surface area contributed by atoms with Crippen LogP contribution in [-0.2, 0) is 22.4 Å². The third-order valence-corrected chi connectivity index (χ3v) is 6.40. The van der Waals surface area contributed by atoms with Crippen LogP contribution >= 0.6 is 12.2 Å². The Labute approximate surface area is 182 Å². The number of hydrogen-bond acceptors (Lipinski definition) is 4. The summed E-state index contributed by atoms with van der Waals surface area (Å²) >= 11 is 5.71. The van der Waals surface area contributed by atoms with Gasteiger partial charge in [0.1, 0.15) is 0 Å². The third kappa shape index (κ3) is 5.20. The lowest BCUT2D eigenvalue weighted by molar-refractivity contribution is 0.0885. The summed E-state index contributed by atoms with van der Waals surface area (Å²) in [4.78, 5) is 17.8. The van der Waals surface area contributed by atoms with Crippen LogP contribution in [0.1, 0.15) is 43.7 Å². The molecule has 2 fully saturated rings. The van der Waals surface area contributed by atoms with Gasteiger partial charge in [-0.15, -0.1) is 0 Å². The van der Waals surface area contributed by atoms with E-state index in [1.165, 1.54) is 5.56 Å². The molecular weight excluding hydrogens is 398 g/mol. The minimum absolute atomic E-state index is 0.0639. The van der Waals surface area contributed by atoms with Crippen molar-refractivity contribution in [2.24, 2.45) is 0 Å². The number of fused-ring (bicyclic) bond motifs is 1. The van der Waals surface area contributed by atoms with Crippen LogP contribution < -0.4 is 10.9 Å². The van der Waals surface area contributed by atoms with Crippen LogP contribution in [-0.4, -0.2) is 53.5 Å². The Balaban J connectivity index is 1.52. The van der Waals surface area contributed by atoms with Crippen molar-refractivity contribution in [3.8, 4) is 0 Å². The number of benzene rings is 1. The molecule has 2 saturated heterocycles. The number of aromatic nitrogens is 1. The second kappa shape index (κ2) is 9.90. The molecule has 2 aliphatic heterocycles. The number of nitrogens with one attached hydrogen (secondary N) is 2. The molecule has 2 aliphatic rings. The highest BCUT2D eigenvalue weighted by Crippen LogP contribution is 2.18. The third-order valence-electron chi connectivity index (χ3n) is 6.00. The van der Waals surface area contributed by atoms with Crippen molar-refractivity contribution < 1.29 is 9.47 Å². The van der Waals surface area contributed by atoms with E-state index in [0.29, 0.717) is 24.7 Å². The van der Waals surface area contributed by atoms with Crippen LogP contribution in [0, 0.1) is 0 Å². The van der Waals surface area contributed by atoms with Gasteiger partial charge in [-0.05, 0) is 73.5 Å². The first-order valence-electron chi connectivity index (χ1n) is 11.0. The Bertz CT molecular complexity index is 933. The SMILES string of the molecule is CCc1ccc2[nH]c(=O)c(CN(C[C@H]3CCCO3)C(=S)NC[C@H]3CCCO3)cc2c1. The van der Waals surface area contributed by atoms with E-state index < -0.39 is 0 Å². The molecule has 0 radical (unpaired) electrons. The molecule has 0 amide bonds. The zero-order valence-corrected chi connectivity index (χ0v) is 18.4. The van der Waals surface area contributed by atoms with Gasteiger partial charge in [-0.25, -0.2) is 0 Å². The van der Waals surface area contributed by atoms with E-state index in [2.05, 4.69) is 34.3 Å². The van der Waals surface area contributed by atoms with Crippen LogP contribution in [0.3, 0.4) is 0 Å². The molecule has 30 heavy (non-hydrogen) atoms. The van der Waals surface area contributed by atoms with Crippen molar-refractivity contribution in [3.63, 3.8) is 0 Å². The molecule has 2 aromatic rings. The summed E-state index contributed by atoms with van der Waals surface area (Å²) in [7, 11) is 0. The van der Waals surface area contributed by atoms with Gasteiger partial charge in [-0.2, -0.15) is 0 Å². The van der Waals surface area contributed by atoms with Gasteiger partial charge in [0.25, 0.3) is 5.56 Å². The number of ether oxygens (including phenoxy) is 2. The highest BCUT2D eigenvalue weighted by atomic mass is 32.1. The highest BCUT2D eigenvalue weighted by molar-refractivity contribution is 7.80. The van der Waals surface area contributed by atoms with E-state index in [0.717, 1.165) is 61.8 Å². The first kappa shape index (κ1) is 21.3. The van der Waals surface area contributed by atoms with Crippen molar-refractivity contribution in [2.45, 2.75) is 57.8 Å². The van der Waals surface area contributed by atoms with Gasteiger partial charge in [-0.1, -0.05) is 13.0 Å². The lowest BCUT2D eigenvalue weighted by Gasteiger charge is -2.28. The quantitative estimate of drug-likeness (QED) is 0.660. The largest absolute Gasteiger partial charge is 0.376 e. The maximum atomic E-state index is 12.8. The number of aryl methyl sites for hydroxylation is 1. The Morgan fingerprint density at radius 2 is 1.97 bits per heavy atom. The number of nitrogens with zero attached hydrogens (tertiary/aromatic N) is 1. The van der Waals surface area contributed by atoms with E-state index in [1.807, 2.05) is 12.1 Å². The van der Waals surface area contributed by atoms with Crippen LogP contribution in [0.2, 0.25) is 0 Å². The van der Waals surface area contributed by atoms with Crippen molar-refractivity contribution >= 4 is 28.2 Å². The summed E-state index contributed by atoms with van der Waals surface area (Å²) in [5.74, 6) is 0. The van der Waals surface area contributed by atoms with E-state index in [1.54, 1.807) is 0 Å². The molecule has 0 bridgehead atoms. The van der Waals surface area contributed by atoms with E-state index >= 15 is 0 Å². The fourth-order valence-corrected chi connectivity index (χ4v) is 4.44. The molecule has 4 rings (SSSR count). The van der Waals surface area contributed by atoms with Gasteiger partial charge in [0.2, 0.25) is 0 Å². The van der Waals surface area contributed by atoms with Gasteiger partial charge in [-0.3, -0.25) is 4.79 Å². The zero-order valence-electron chi connectivity index (χ0n) is 17.6. The predicted octanol–water partition coefficient (Wildman–Crippen LogP) is 3.13. The average Bonchev–Trinajstić information content (AvgIpc) is 3.46. The fraction of sp³-hybridized carbons (Fsp3) is 0.565. The molecule has 6 nitrogen and oxygen atoms in total. The Morgan fingerprint density at radius 3 is 2.67 bits per heavy atom. The van der Waals surface area contributed by atoms with Gasteiger partial charge in [0.15, 0.2) is 5.11 Å². The van der Waals surface area contributed by atoms with Gasteiger partial charge < -0.3 is 24.7 Å². The number of H-pyrrole nitrogens is 1. The number of hydrogen-bond donors (Lipinski definition) is 2. The minimum Gasteiger partial charge on any atom is -0.376 e. The van der Waals surface area contributed by atoms with Crippen LogP contribution in [0.5, 0.6) is 0 Å². The number of pyridine rings is 1. The number of aromatic amines is 1. The molecular formula is C23H31N3O3S. The fourth-order valence-electron chi connectivity index (χ4n) is 4.22. The lowest BCUT2D eigenvalue weighted by Crippen LogP contribution is -2.45. The average molecular weight is 430 g/mol. The highest BCUT2D eigenvalue weighted by Gasteiger charge is 2.23. The predicted molar refractivity (Wildman–Crippen MR) is 123 cm³/mol. The van der Waals surface area contributed by atoms with E-state index in [-0.39, 0.29) is 17.8 Å². The van der Waals surface area contributed by atoms with Crippen molar-refractivity contribution in [1.29, 1.82) is 0 Å². The normalized spacial score (nSPS) is 21.2. The minimum atomic E-state index is -0.0639. The molecule has 3 heterocycles. The molecule has 0 saturated carbocycles. The second-order valence-corrected chi connectivity index (χ2v) is 8.62. The standard InChI is InChI=1S/C23H31N3O3S/c1-2-16-7-8-21-17(11-16)12-18(22(27)25-21)14-26(15-20-6-4-10-29-20)23(30)24-13-19-5-3-9-28-19/h7-8,11-12,19-20H,2-6,9-10,13-15H2,1H3,(H,24,30)(H,25,27)/t19-,20-/m1/s1. The molecule has 1 aromatic carbocycles. The summed E-state index contributed by atoms with van der Waals surface area (Å²) in [5, 5.41) is 5.07. The van der Waals surface area contributed by atoms with E-state index in [9.17, 15) is 4.79 Å². The Hall–Kier alpha value is -1.96. The van der Waals surface area contributed by atoms with Crippen LogP contribution in [0.4, 0.5) is 0 Å². The molecule has 0 unspecified atom stereocenters. The maximum Gasteiger partial charge on any atom is 0.253 e. The van der Waals surface area contributed by atoms with E-state index in [4.69, 9.17) is 21.7 Å². The second-order valence-electron chi connectivity index (χ2n) is 8.24. The van der Waals surface area contributed by atoms with Crippen molar-refractivity contribution in [3.05, 3.63) is 45.7 Å². The molecule has 7 heteroatoms. The number of thiocarbonyl (C=S) groups is 1. The first-order valence-corrected chi connectivity index (χ1v) is 11.4. The first-order chi connectivity index (χ1) is 14.6. The summed E-state index contributed by atoms with van der Waals surface area (Å²) in [6.07, 6.45) is 5.59. The summed E-state index contributed by atoms with van der Waals surface area (Å²) in [6.45, 7) is 5.60. The van der Waals surface area contributed by atoms with Gasteiger partial charge in [0, 0.05) is 37.4 Å². The maximum absolute atomic E-state index is 12.8.